The highest BCUT2D eigenvalue weighted by Crippen LogP contribution is 2.28. The van der Waals surface area contributed by atoms with Crippen molar-refractivity contribution < 1.29 is 23.5 Å². The Labute approximate surface area is 202 Å². The largest absolute Gasteiger partial charge is 0.493 e. The molecule has 3 rings (SSSR count). The van der Waals surface area contributed by atoms with Crippen LogP contribution in [-0.2, 0) is 16.2 Å². The lowest BCUT2D eigenvalue weighted by atomic mass is 10.1. The van der Waals surface area contributed by atoms with Crippen LogP contribution in [0.15, 0.2) is 71.8 Å². The van der Waals surface area contributed by atoms with E-state index in [2.05, 4.69) is 21.9 Å². The van der Waals surface area contributed by atoms with E-state index in [4.69, 9.17) is 9.47 Å². The zero-order chi connectivity index (χ0) is 25.0. The number of nitriles is 1. The number of benzene rings is 3. The second-order valence-electron chi connectivity index (χ2n) is 7.32. The lowest BCUT2D eigenvalue weighted by Crippen LogP contribution is -2.20. The summed E-state index contributed by atoms with van der Waals surface area (Å²) in [6, 6.07) is 19.8. The molecule has 8 nitrogen and oxygen atoms in total. The molecule has 0 aliphatic rings. The second-order valence-corrected chi connectivity index (χ2v) is 7.32. The molecule has 0 heterocycles. The molecule has 9 heteroatoms. The molecular formula is C26H23FN4O4. The van der Waals surface area contributed by atoms with Crippen LogP contribution >= 0.6 is 0 Å². The Hall–Kier alpha value is -4.71. The van der Waals surface area contributed by atoms with Gasteiger partial charge in [0, 0.05) is 24.1 Å². The summed E-state index contributed by atoms with van der Waals surface area (Å²) in [5.74, 6) is -0.241. The van der Waals surface area contributed by atoms with Crippen molar-refractivity contribution in [3.63, 3.8) is 0 Å². The summed E-state index contributed by atoms with van der Waals surface area (Å²) in [6.07, 6.45) is 1.33. The molecular weight excluding hydrogens is 451 g/mol. The number of hydrogen-bond donors (Lipinski definition) is 2. The number of nitrogens with one attached hydrogen (secondary N) is 2. The van der Waals surface area contributed by atoms with Crippen molar-refractivity contribution in [2.24, 2.45) is 5.10 Å². The van der Waals surface area contributed by atoms with Crippen molar-refractivity contribution in [3.8, 4) is 17.6 Å². The summed E-state index contributed by atoms with van der Waals surface area (Å²) in [4.78, 5) is 23.9. The standard InChI is InChI=1S/C26H23FN4O4/c1-34-24-14-18(6-11-23(24)35-17-20-5-3-2-4-19(20)15-28)16-29-31-26(33)13-12-25(32)30-22-9-7-21(27)8-10-22/h2-11,14,16H,12-13,17H2,1H3,(H,30,32)(H,31,33). The molecule has 0 unspecified atom stereocenters. The summed E-state index contributed by atoms with van der Waals surface area (Å²) in [7, 11) is 1.51. The maximum absolute atomic E-state index is 12.9. The van der Waals surface area contributed by atoms with Crippen LogP contribution in [0.1, 0.15) is 29.5 Å². The number of rotatable bonds is 10. The van der Waals surface area contributed by atoms with Crippen molar-refractivity contribution in [1.29, 1.82) is 5.26 Å². The number of hydrogen-bond acceptors (Lipinski definition) is 6. The Morgan fingerprint density at radius 3 is 2.51 bits per heavy atom. The number of methoxy groups -OCH3 is 1. The molecule has 0 atom stereocenters. The van der Waals surface area contributed by atoms with E-state index in [0.717, 1.165) is 5.56 Å². The SMILES string of the molecule is COc1cc(C=NNC(=O)CCC(=O)Nc2ccc(F)cc2)ccc1OCc1ccccc1C#N. The number of ether oxygens (including phenoxy) is 2. The summed E-state index contributed by atoms with van der Waals surface area (Å²) in [5, 5.41) is 15.7. The molecule has 0 aliphatic carbocycles. The van der Waals surface area contributed by atoms with E-state index in [1.807, 2.05) is 12.1 Å². The summed E-state index contributed by atoms with van der Waals surface area (Å²) < 4.78 is 24.1. The van der Waals surface area contributed by atoms with Crippen LogP contribution in [0.4, 0.5) is 10.1 Å². The minimum Gasteiger partial charge on any atom is -0.493 e. The summed E-state index contributed by atoms with van der Waals surface area (Å²) in [6.45, 7) is 0.207. The van der Waals surface area contributed by atoms with Gasteiger partial charge in [-0.3, -0.25) is 9.59 Å². The van der Waals surface area contributed by atoms with Crippen LogP contribution < -0.4 is 20.2 Å². The molecule has 0 bridgehead atoms. The zero-order valence-electron chi connectivity index (χ0n) is 19.0. The molecule has 178 valence electrons. The van der Waals surface area contributed by atoms with E-state index < -0.39 is 11.7 Å². The number of carbonyl (C=O) groups excluding carboxylic acids is 2. The highest BCUT2D eigenvalue weighted by atomic mass is 19.1. The molecule has 0 spiro atoms. The van der Waals surface area contributed by atoms with Crippen LogP contribution in [0.2, 0.25) is 0 Å². The number of nitrogens with zero attached hydrogens (tertiary/aromatic N) is 2. The van der Waals surface area contributed by atoms with Gasteiger partial charge in [-0.2, -0.15) is 10.4 Å². The van der Waals surface area contributed by atoms with E-state index in [1.54, 1.807) is 30.3 Å². The highest BCUT2D eigenvalue weighted by molar-refractivity contribution is 5.93. The smallest absolute Gasteiger partial charge is 0.240 e. The maximum atomic E-state index is 12.9. The first-order valence-electron chi connectivity index (χ1n) is 10.6. The lowest BCUT2D eigenvalue weighted by Gasteiger charge is -2.12. The van der Waals surface area contributed by atoms with E-state index >= 15 is 0 Å². The van der Waals surface area contributed by atoms with Gasteiger partial charge in [0.25, 0.3) is 0 Å². The van der Waals surface area contributed by atoms with Crippen molar-refractivity contribution in [3.05, 3.63) is 89.2 Å². The number of anilines is 1. The van der Waals surface area contributed by atoms with Crippen molar-refractivity contribution in [2.45, 2.75) is 19.4 Å². The topological polar surface area (TPSA) is 113 Å². The number of halogens is 1. The van der Waals surface area contributed by atoms with Crippen molar-refractivity contribution in [1.82, 2.24) is 5.43 Å². The first kappa shape index (κ1) is 24.9. The number of carbonyl (C=O) groups is 2. The fourth-order valence-electron chi connectivity index (χ4n) is 3.01. The van der Waals surface area contributed by atoms with Crippen molar-refractivity contribution >= 4 is 23.7 Å². The van der Waals surface area contributed by atoms with E-state index in [9.17, 15) is 19.2 Å². The molecule has 3 aromatic carbocycles. The third-order valence-electron chi connectivity index (χ3n) is 4.82. The van der Waals surface area contributed by atoms with Gasteiger partial charge in [0.15, 0.2) is 11.5 Å². The number of hydrazone groups is 1. The highest BCUT2D eigenvalue weighted by Gasteiger charge is 2.09. The third-order valence-corrected chi connectivity index (χ3v) is 4.82. The van der Waals surface area contributed by atoms with Gasteiger partial charge in [-0.15, -0.1) is 0 Å². The minimum absolute atomic E-state index is 0.0481. The normalized spacial score (nSPS) is 10.4. The van der Waals surface area contributed by atoms with Gasteiger partial charge in [0.1, 0.15) is 12.4 Å². The fourth-order valence-corrected chi connectivity index (χ4v) is 3.01. The Morgan fingerprint density at radius 1 is 1.03 bits per heavy atom. The molecule has 2 N–H and O–H groups in total. The zero-order valence-corrected chi connectivity index (χ0v) is 19.0. The first-order valence-corrected chi connectivity index (χ1v) is 10.6. The molecule has 0 aromatic heterocycles. The lowest BCUT2D eigenvalue weighted by molar-refractivity contribution is -0.124. The molecule has 2 amide bonds. The molecule has 0 aliphatic heterocycles. The van der Waals surface area contributed by atoms with Gasteiger partial charge in [0.05, 0.1) is 25.0 Å². The van der Waals surface area contributed by atoms with Gasteiger partial charge in [0.2, 0.25) is 11.8 Å². The Balaban J connectivity index is 1.48. The molecule has 0 fully saturated rings. The van der Waals surface area contributed by atoms with Gasteiger partial charge in [-0.05, 0) is 54.1 Å². The molecule has 35 heavy (non-hydrogen) atoms. The van der Waals surface area contributed by atoms with E-state index in [0.29, 0.717) is 28.3 Å². The van der Waals surface area contributed by atoms with Gasteiger partial charge >= 0.3 is 0 Å². The molecule has 0 saturated carbocycles. The first-order chi connectivity index (χ1) is 17.0. The average molecular weight is 474 g/mol. The Kier molecular flexibility index (Phi) is 8.91. The van der Waals surface area contributed by atoms with E-state index in [1.165, 1.54) is 37.6 Å². The van der Waals surface area contributed by atoms with Crippen LogP contribution in [0.25, 0.3) is 0 Å². The minimum atomic E-state index is -0.432. The van der Waals surface area contributed by atoms with Crippen LogP contribution in [-0.4, -0.2) is 25.1 Å². The maximum Gasteiger partial charge on any atom is 0.240 e. The quantitative estimate of drug-likeness (QED) is 0.339. The summed E-state index contributed by atoms with van der Waals surface area (Å²) in [5.41, 5.74) is 4.77. The van der Waals surface area contributed by atoms with Gasteiger partial charge in [-0.1, -0.05) is 18.2 Å². The van der Waals surface area contributed by atoms with Crippen LogP contribution in [0.5, 0.6) is 11.5 Å². The number of amides is 2. The van der Waals surface area contributed by atoms with Crippen LogP contribution in [0, 0.1) is 17.1 Å². The molecule has 3 aromatic rings. The fraction of sp³-hybridized carbons (Fsp3) is 0.154. The monoisotopic (exact) mass is 474 g/mol. The van der Waals surface area contributed by atoms with Gasteiger partial charge < -0.3 is 14.8 Å². The molecule has 0 radical (unpaired) electrons. The Morgan fingerprint density at radius 2 is 1.77 bits per heavy atom. The Bertz CT molecular complexity index is 1250. The predicted molar refractivity (Wildman–Crippen MR) is 128 cm³/mol. The average Bonchev–Trinajstić information content (AvgIpc) is 2.88. The molecule has 0 saturated heterocycles. The second kappa shape index (κ2) is 12.5. The third kappa shape index (κ3) is 7.68. The van der Waals surface area contributed by atoms with Gasteiger partial charge in [-0.25, -0.2) is 9.82 Å². The van der Waals surface area contributed by atoms with Crippen molar-refractivity contribution in [2.75, 3.05) is 12.4 Å². The summed E-state index contributed by atoms with van der Waals surface area (Å²) >= 11 is 0. The predicted octanol–water partition coefficient (Wildman–Crippen LogP) is 4.15. The van der Waals surface area contributed by atoms with E-state index in [-0.39, 0.29) is 25.4 Å². The van der Waals surface area contributed by atoms with Crippen LogP contribution in [0.3, 0.4) is 0 Å².